The number of hydrogen-bond donors (Lipinski definition) is 0. The maximum atomic E-state index is 5.45. The fourth-order valence-electron chi connectivity index (χ4n) is 6.02. The first kappa shape index (κ1) is 31.6. The molecule has 0 spiro atoms. The smallest absolute Gasteiger partial charge is 0.308 e. The molecule has 0 aliphatic heterocycles. The van der Waals surface area contributed by atoms with Crippen molar-refractivity contribution in [2.75, 3.05) is 0 Å². The zero-order valence-electron chi connectivity index (χ0n) is 26.2. The zero-order valence-corrected chi connectivity index (χ0v) is 29.3. The molecule has 7 aromatic rings. The van der Waals surface area contributed by atoms with Crippen molar-refractivity contribution in [3.8, 4) is 33.9 Å². The van der Waals surface area contributed by atoms with E-state index in [4.69, 9.17) is 9.97 Å². The summed E-state index contributed by atoms with van der Waals surface area (Å²) in [5, 5.41) is 1.18. The second kappa shape index (κ2) is 13.6. The summed E-state index contributed by atoms with van der Waals surface area (Å²) in [7, 11) is -1.25. The van der Waals surface area contributed by atoms with Gasteiger partial charge >= 0.3 is 21.1 Å². The molecule has 0 N–H and O–H groups in total. The molecule has 0 aliphatic carbocycles. The average Bonchev–Trinajstić information content (AvgIpc) is 3.68. The minimum atomic E-state index is -1.25. The Bertz CT molecular complexity index is 1930. The molecule has 5 aromatic carbocycles. The second-order valence-corrected chi connectivity index (χ2v) is 13.3. The van der Waals surface area contributed by atoms with Crippen LogP contribution in [0.4, 0.5) is 0 Å². The van der Waals surface area contributed by atoms with E-state index in [1.165, 1.54) is 27.6 Å². The number of aryl methyl sites for hydroxylation is 4. The summed E-state index contributed by atoms with van der Waals surface area (Å²) < 4.78 is 4.61. The summed E-state index contributed by atoms with van der Waals surface area (Å²) in [6, 6.07) is 46.6. The number of nitrogens with zero attached hydrogens (tertiary/aromatic N) is 4. The van der Waals surface area contributed by atoms with Crippen LogP contribution in [0, 0.1) is 39.8 Å². The van der Waals surface area contributed by atoms with Crippen LogP contribution in [0.3, 0.4) is 0 Å². The quantitative estimate of drug-likeness (QED) is 0.121. The van der Waals surface area contributed by atoms with Crippen LogP contribution in [-0.2, 0) is 21.1 Å². The molecule has 2 aromatic heterocycles. The first-order valence-electron chi connectivity index (χ1n) is 15.1. The fraction of sp³-hybridized carbons (Fsp3) is 0.100. The monoisotopic (exact) mass is 795 g/mol. The number of benzene rings is 5. The third kappa shape index (κ3) is 5.96. The van der Waals surface area contributed by atoms with E-state index in [9.17, 15) is 0 Å². The number of hydrogen-bond acceptors (Lipinski definition) is 2. The number of para-hydroxylation sites is 2. The molecule has 0 aliphatic rings. The predicted octanol–water partition coefficient (Wildman–Crippen LogP) is 7.98. The first-order chi connectivity index (χ1) is 22.0. The van der Waals surface area contributed by atoms with Crippen LogP contribution < -0.4 is 16.4 Å². The van der Waals surface area contributed by atoms with E-state index >= 15 is 0 Å². The van der Waals surface area contributed by atoms with Crippen molar-refractivity contribution < 1.29 is 21.1 Å². The maximum Gasteiger partial charge on any atom is 2.00 e. The maximum absolute atomic E-state index is 5.45. The van der Waals surface area contributed by atoms with E-state index in [0.29, 0.717) is 0 Å². The minimum absolute atomic E-state index is 0. The third-order valence-corrected chi connectivity index (χ3v) is 10.4. The molecule has 0 bridgehead atoms. The second-order valence-electron chi connectivity index (χ2n) is 11.3. The van der Waals surface area contributed by atoms with Gasteiger partial charge in [-0.2, -0.15) is 0 Å². The molecule has 0 radical (unpaired) electrons. The Morgan fingerprint density at radius 1 is 0.500 bits per heavy atom. The minimum Gasteiger partial charge on any atom is -0.308 e. The Balaban J connectivity index is 0.00000372. The van der Waals surface area contributed by atoms with Gasteiger partial charge in [-0.05, 0) is 67.6 Å². The van der Waals surface area contributed by atoms with Gasteiger partial charge in [-0.3, -0.25) is 9.97 Å². The normalized spacial score (nSPS) is 11.1. The number of rotatable bonds is 7. The summed E-state index contributed by atoms with van der Waals surface area (Å²) in [6.45, 7) is 8.69. The Hall–Kier alpha value is -4.36. The van der Waals surface area contributed by atoms with Crippen molar-refractivity contribution in [3.63, 3.8) is 0 Å². The third-order valence-electron chi connectivity index (χ3n) is 8.12. The van der Waals surface area contributed by atoms with Gasteiger partial charge < -0.3 is 9.13 Å². The number of aromatic nitrogens is 4. The van der Waals surface area contributed by atoms with Crippen molar-refractivity contribution in [1.82, 2.24) is 19.1 Å². The molecule has 2 heterocycles. The zero-order chi connectivity index (χ0) is 30.9. The predicted molar refractivity (Wildman–Crippen MR) is 187 cm³/mol. The van der Waals surface area contributed by atoms with Crippen molar-refractivity contribution >= 4 is 24.4 Å². The van der Waals surface area contributed by atoms with Gasteiger partial charge in [-0.1, -0.05) is 66.7 Å². The van der Waals surface area contributed by atoms with Crippen molar-refractivity contribution in [2.45, 2.75) is 27.7 Å². The van der Waals surface area contributed by atoms with Crippen LogP contribution in [0.1, 0.15) is 22.3 Å². The van der Waals surface area contributed by atoms with Gasteiger partial charge in [0.15, 0.2) is 0 Å². The van der Waals surface area contributed by atoms with E-state index in [0.717, 1.165) is 45.0 Å². The largest absolute Gasteiger partial charge is 2.00 e. The summed E-state index contributed by atoms with van der Waals surface area (Å²) in [6.07, 6.45) is 4.35. The molecule has 4 nitrogen and oxygen atoms in total. The SMILES string of the molecule is Cc1cccc(C)c1-n1cc(-c2[c-]cccc2)nc1P(c1ccccc1)c1nc(-c2[c-]cccc2)cn1-c1c(C)cccc1C.[Pt+2]. The Morgan fingerprint density at radius 2 is 0.913 bits per heavy atom. The van der Waals surface area contributed by atoms with Crippen LogP contribution in [0.5, 0.6) is 0 Å². The van der Waals surface area contributed by atoms with Crippen LogP contribution in [0.15, 0.2) is 128 Å². The van der Waals surface area contributed by atoms with Crippen LogP contribution >= 0.6 is 7.92 Å². The molecule has 0 saturated carbocycles. The first-order valence-corrected chi connectivity index (χ1v) is 16.4. The Kier molecular flexibility index (Phi) is 9.31. The molecule has 46 heavy (non-hydrogen) atoms. The van der Waals surface area contributed by atoms with Crippen LogP contribution in [0.2, 0.25) is 0 Å². The van der Waals surface area contributed by atoms with E-state index in [2.05, 4.69) is 140 Å². The van der Waals surface area contributed by atoms with Gasteiger partial charge in [-0.15, -0.1) is 71.8 Å². The van der Waals surface area contributed by atoms with Crippen LogP contribution in [-0.4, -0.2) is 19.1 Å². The van der Waals surface area contributed by atoms with E-state index in [1.807, 2.05) is 36.4 Å². The standard InChI is InChI=1S/C40H33N4P.Pt/c1-28-16-14-17-29(2)37(28)43-26-35(32-20-8-5-9-21-32)41-39(43)45(34-24-12-7-13-25-34)40-42-36(33-22-10-6-11-23-33)27-44(40)38-30(3)18-15-19-31(38)4;/h5-20,22,24-27H,1-4H3;/q-2;+2. The van der Waals surface area contributed by atoms with Gasteiger partial charge in [0, 0.05) is 11.4 Å². The van der Waals surface area contributed by atoms with Gasteiger partial charge in [0.2, 0.25) is 0 Å². The van der Waals surface area contributed by atoms with Crippen LogP contribution in [0.25, 0.3) is 33.9 Å². The molecule has 0 atom stereocenters. The van der Waals surface area contributed by atoms with Gasteiger partial charge in [0.25, 0.3) is 0 Å². The molecular formula is C40H33N4PPt. The molecule has 7 rings (SSSR count). The molecule has 6 heteroatoms. The summed E-state index contributed by atoms with van der Waals surface area (Å²) >= 11 is 0. The molecular weight excluding hydrogens is 763 g/mol. The van der Waals surface area contributed by atoms with Crippen molar-refractivity contribution in [3.05, 3.63) is 162 Å². The van der Waals surface area contributed by atoms with Gasteiger partial charge in [0.05, 0.1) is 19.3 Å². The molecule has 228 valence electrons. The Morgan fingerprint density at radius 3 is 1.30 bits per heavy atom. The van der Waals surface area contributed by atoms with Crippen molar-refractivity contribution in [2.24, 2.45) is 0 Å². The van der Waals surface area contributed by atoms with E-state index in [-0.39, 0.29) is 21.1 Å². The average molecular weight is 796 g/mol. The summed E-state index contributed by atoms with van der Waals surface area (Å²) in [5.74, 6) is 0. The molecule has 0 fully saturated rings. The Labute approximate surface area is 286 Å². The molecule has 0 saturated heterocycles. The van der Waals surface area contributed by atoms with Crippen molar-refractivity contribution in [1.29, 1.82) is 0 Å². The topological polar surface area (TPSA) is 35.6 Å². The fourth-order valence-corrected chi connectivity index (χ4v) is 8.29. The molecule has 0 amide bonds. The van der Waals surface area contributed by atoms with E-state index < -0.39 is 7.92 Å². The summed E-state index contributed by atoms with van der Waals surface area (Å²) in [5.41, 5.74) is 12.7. The van der Waals surface area contributed by atoms with Gasteiger partial charge in [-0.25, -0.2) is 0 Å². The number of imidazole rings is 2. The molecule has 0 unspecified atom stereocenters. The summed E-state index contributed by atoms with van der Waals surface area (Å²) in [4.78, 5) is 10.9. The van der Waals surface area contributed by atoms with Gasteiger partial charge in [0.1, 0.15) is 11.1 Å². The van der Waals surface area contributed by atoms with E-state index in [1.54, 1.807) is 0 Å².